The summed E-state index contributed by atoms with van der Waals surface area (Å²) in [6.07, 6.45) is 0. The van der Waals surface area contributed by atoms with Crippen LogP contribution >= 0.6 is 11.3 Å². The SMILES string of the molecule is CNC(C)c1cc2ccc(F)cc2s1. The molecule has 1 heterocycles. The maximum absolute atomic E-state index is 12.9. The summed E-state index contributed by atoms with van der Waals surface area (Å²) in [6, 6.07) is 7.36. The van der Waals surface area contributed by atoms with Crippen LogP contribution in [0.15, 0.2) is 24.3 Å². The molecule has 0 radical (unpaired) electrons. The molecule has 0 saturated carbocycles. The number of benzene rings is 1. The lowest BCUT2D eigenvalue weighted by Gasteiger charge is -2.05. The van der Waals surface area contributed by atoms with E-state index in [1.54, 1.807) is 17.4 Å². The fraction of sp³-hybridized carbons (Fsp3) is 0.273. The van der Waals surface area contributed by atoms with Crippen molar-refractivity contribution >= 4 is 21.4 Å². The third-order valence-corrected chi connectivity index (χ3v) is 3.64. The van der Waals surface area contributed by atoms with Gasteiger partial charge in [-0.25, -0.2) is 4.39 Å². The molecule has 0 bridgehead atoms. The molecule has 0 aliphatic rings. The average Bonchev–Trinajstić information content (AvgIpc) is 2.59. The second-order valence-corrected chi connectivity index (χ2v) is 4.46. The molecule has 14 heavy (non-hydrogen) atoms. The van der Waals surface area contributed by atoms with Crippen LogP contribution in [0.3, 0.4) is 0 Å². The lowest BCUT2D eigenvalue weighted by atomic mass is 10.2. The average molecular weight is 209 g/mol. The van der Waals surface area contributed by atoms with Crippen LogP contribution < -0.4 is 5.32 Å². The highest BCUT2D eigenvalue weighted by molar-refractivity contribution is 7.19. The molecule has 1 aromatic carbocycles. The first-order chi connectivity index (χ1) is 6.70. The van der Waals surface area contributed by atoms with E-state index >= 15 is 0 Å². The first kappa shape index (κ1) is 9.62. The Morgan fingerprint density at radius 3 is 2.86 bits per heavy atom. The molecule has 1 N–H and O–H groups in total. The highest BCUT2D eigenvalue weighted by Gasteiger charge is 2.07. The monoisotopic (exact) mass is 209 g/mol. The van der Waals surface area contributed by atoms with Gasteiger partial charge in [-0.2, -0.15) is 0 Å². The predicted octanol–water partition coefficient (Wildman–Crippen LogP) is 3.32. The van der Waals surface area contributed by atoms with E-state index < -0.39 is 0 Å². The molecule has 74 valence electrons. The summed E-state index contributed by atoms with van der Waals surface area (Å²) in [5.41, 5.74) is 0. The quantitative estimate of drug-likeness (QED) is 0.800. The molecule has 1 aromatic heterocycles. The van der Waals surface area contributed by atoms with Gasteiger partial charge in [-0.3, -0.25) is 0 Å². The topological polar surface area (TPSA) is 12.0 Å². The molecule has 1 unspecified atom stereocenters. The molecular formula is C11H12FNS. The molecule has 1 nitrogen and oxygen atoms in total. The largest absolute Gasteiger partial charge is 0.313 e. The Kier molecular flexibility index (Phi) is 2.52. The number of fused-ring (bicyclic) bond motifs is 1. The van der Waals surface area contributed by atoms with Gasteiger partial charge in [-0.05, 0) is 37.6 Å². The Morgan fingerprint density at radius 2 is 2.14 bits per heavy atom. The van der Waals surface area contributed by atoms with Crippen molar-refractivity contribution in [3.05, 3.63) is 35.0 Å². The Bertz CT molecular complexity index is 449. The molecule has 0 aliphatic heterocycles. The fourth-order valence-electron chi connectivity index (χ4n) is 1.38. The minimum absolute atomic E-state index is 0.164. The summed E-state index contributed by atoms with van der Waals surface area (Å²) in [6.45, 7) is 2.10. The maximum Gasteiger partial charge on any atom is 0.124 e. The molecule has 0 saturated heterocycles. The first-order valence-electron chi connectivity index (χ1n) is 4.57. The molecular weight excluding hydrogens is 197 g/mol. The third-order valence-electron chi connectivity index (χ3n) is 2.36. The fourth-order valence-corrected chi connectivity index (χ4v) is 2.53. The summed E-state index contributed by atoms with van der Waals surface area (Å²) in [5.74, 6) is -0.164. The number of hydrogen-bond acceptors (Lipinski definition) is 2. The Labute approximate surface area is 86.6 Å². The van der Waals surface area contributed by atoms with Crippen molar-refractivity contribution in [2.24, 2.45) is 0 Å². The summed E-state index contributed by atoms with van der Waals surface area (Å²) < 4.78 is 13.9. The lowest BCUT2D eigenvalue weighted by Crippen LogP contribution is -2.10. The van der Waals surface area contributed by atoms with Gasteiger partial charge in [0.05, 0.1) is 0 Å². The second kappa shape index (κ2) is 3.67. The van der Waals surface area contributed by atoms with Gasteiger partial charge in [-0.1, -0.05) is 6.07 Å². The van der Waals surface area contributed by atoms with Crippen LogP contribution in [0.1, 0.15) is 17.8 Å². The zero-order valence-corrected chi connectivity index (χ0v) is 8.99. The lowest BCUT2D eigenvalue weighted by molar-refractivity contribution is 0.630. The highest BCUT2D eigenvalue weighted by atomic mass is 32.1. The minimum Gasteiger partial charge on any atom is -0.313 e. The van der Waals surface area contributed by atoms with Gasteiger partial charge in [0.2, 0.25) is 0 Å². The minimum atomic E-state index is -0.164. The van der Waals surface area contributed by atoms with Gasteiger partial charge < -0.3 is 5.32 Å². The molecule has 0 amide bonds. The van der Waals surface area contributed by atoms with Gasteiger partial charge in [0, 0.05) is 15.6 Å². The molecule has 2 rings (SSSR count). The van der Waals surface area contributed by atoms with Crippen molar-refractivity contribution < 1.29 is 4.39 Å². The van der Waals surface area contributed by atoms with E-state index in [0.29, 0.717) is 6.04 Å². The van der Waals surface area contributed by atoms with Crippen molar-refractivity contribution in [3.63, 3.8) is 0 Å². The van der Waals surface area contributed by atoms with Crippen LogP contribution in [0.5, 0.6) is 0 Å². The van der Waals surface area contributed by atoms with Crippen LogP contribution in [-0.4, -0.2) is 7.05 Å². The first-order valence-corrected chi connectivity index (χ1v) is 5.38. The normalized spacial score (nSPS) is 13.4. The summed E-state index contributed by atoms with van der Waals surface area (Å²) in [5, 5.41) is 4.29. The van der Waals surface area contributed by atoms with Crippen LogP contribution in [0.2, 0.25) is 0 Å². The predicted molar refractivity (Wildman–Crippen MR) is 59.3 cm³/mol. The van der Waals surface area contributed by atoms with Gasteiger partial charge in [0.25, 0.3) is 0 Å². The second-order valence-electron chi connectivity index (χ2n) is 3.34. The van der Waals surface area contributed by atoms with Crippen LogP contribution in [0, 0.1) is 5.82 Å². The molecule has 0 spiro atoms. The van der Waals surface area contributed by atoms with Crippen molar-refractivity contribution in [3.8, 4) is 0 Å². The van der Waals surface area contributed by atoms with E-state index in [9.17, 15) is 4.39 Å². The number of rotatable bonds is 2. The standard InChI is InChI=1S/C11H12FNS/c1-7(13-2)10-5-8-3-4-9(12)6-11(8)14-10/h3-7,13H,1-2H3. The maximum atomic E-state index is 12.9. The number of thiophene rings is 1. The molecule has 0 aliphatic carbocycles. The summed E-state index contributed by atoms with van der Waals surface area (Å²) >= 11 is 1.64. The Morgan fingerprint density at radius 1 is 1.36 bits per heavy atom. The van der Waals surface area contributed by atoms with Crippen LogP contribution in [0.25, 0.3) is 10.1 Å². The molecule has 1 atom stereocenters. The zero-order chi connectivity index (χ0) is 10.1. The van der Waals surface area contributed by atoms with Gasteiger partial charge >= 0.3 is 0 Å². The summed E-state index contributed by atoms with van der Waals surface area (Å²) in [4.78, 5) is 1.24. The number of halogens is 1. The van der Waals surface area contributed by atoms with E-state index in [-0.39, 0.29) is 5.82 Å². The van der Waals surface area contributed by atoms with Gasteiger partial charge in [0.15, 0.2) is 0 Å². The number of nitrogens with one attached hydrogen (secondary N) is 1. The Hall–Kier alpha value is -0.930. The van der Waals surface area contributed by atoms with Crippen LogP contribution in [0.4, 0.5) is 4.39 Å². The molecule has 3 heteroatoms. The van der Waals surface area contributed by atoms with E-state index in [2.05, 4.69) is 18.3 Å². The third kappa shape index (κ3) is 1.65. The highest BCUT2D eigenvalue weighted by Crippen LogP contribution is 2.29. The van der Waals surface area contributed by atoms with E-state index in [1.165, 1.54) is 10.9 Å². The zero-order valence-electron chi connectivity index (χ0n) is 8.17. The smallest absolute Gasteiger partial charge is 0.124 e. The van der Waals surface area contributed by atoms with E-state index in [4.69, 9.17) is 0 Å². The van der Waals surface area contributed by atoms with Crippen molar-refractivity contribution in [1.29, 1.82) is 0 Å². The summed E-state index contributed by atoms with van der Waals surface area (Å²) in [7, 11) is 1.93. The van der Waals surface area contributed by atoms with Crippen molar-refractivity contribution in [1.82, 2.24) is 5.32 Å². The van der Waals surface area contributed by atoms with Crippen molar-refractivity contribution in [2.75, 3.05) is 7.05 Å². The van der Waals surface area contributed by atoms with Gasteiger partial charge in [-0.15, -0.1) is 11.3 Å². The Balaban J connectivity index is 2.51. The van der Waals surface area contributed by atoms with E-state index in [1.807, 2.05) is 13.1 Å². The molecule has 2 aromatic rings. The van der Waals surface area contributed by atoms with Gasteiger partial charge in [0.1, 0.15) is 5.82 Å². The van der Waals surface area contributed by atoms with Crippen molar-refractivity contribution in [2.45, 2.75) is 13.0 Å². The van der Waals surface area contributed by atoms with E-state index in [0.717, 1.165) is 10.1 Å². The molecule has 0 fully saturated rings. The number of hydrogen-bond donors (Lipinski definition) is 1. The van der Waals surface area contributed by atoms with Crippen LogP contribution in [-0.2, 0) is 0 Å².